The van der Waals surface area contributed by atoms with Crippen LogP contribution in [0.25, 0.3) is 10.9 Å². The maximum atomic E-state index is 6.18. The Morgan fingerprint density at radius 3 is 2.72 bits per heavy atom. The Hall–Kier alpha value is -1.51. The Morgan fingerprint density at radius 2 is 1.89 bits per heavy atom. The van der Waals surface area contributed by atoms with Gasteiger partial charge in [0.05, 0.1) is 5.52 Å². The first kappa shape index (κ1) is 11.6. The van der Waals surface area contributed by atoms with Crippen LogP contribution in [-0.2, 0) is 6.42 Å². The molecule has 0 amide bonds. The van der Waals surface area contributed by atoms with Crippen molar-refractivity contribution in [3.63, 3.8) is 0 Å². The van der Waals surface area contributed by atoms with Gasteiger partial charge in [0.25, 0.3) is 0 Å². The molecule has 0 saturated heterocycles. The molecule has 90 valence electrons. The molecule has 0 aliphatic rings. The Kier molecular flexibility index (Phi) is 2.98. The molecular weight excluding hydrogens is 267 g/mol. The van der Waals surface area contributed by atoms with E-state index in [2.05, 4.69) is 16.3 Å². The second-order valence-electron chi connectivity index (χ2n) is 4.13. The molecule has 0 atom stereocenters. The molecule has 0 bridgehead atoms. The summed E-state index contributed by atoms with van der Waals surface area (Å²) in [6, 6.07) is 13.6. The third-order valence-electron chi connectivity index (χ3n) is 2.92. The Morgan fingerprint density at radius 1 is 1.06 bits per heavy atom. The van der Waals surface area contributed by atoms with Gasteiger partial charge in [0.2, 0.25) is 0 Å². The number of aromatic amines is 1. The monoisotopic (exact) mass is 276 g/mol. The average molecular weight is 277 g/mol. The number of fused-ring (bicyclic) bond motifs is 1. The van der Waals surface area contributed by atoms with Gasteiger partial charge in [-0.05, 0) is 23.8 Å². The highest BCUT2D eigenvalue weighted by Crippen LogP contribution is 2.25. The van der Waals surface area contributed by atoms with Gasteiger partial charge in [0.1, 0.15) is 0 Å². The normalized spacial score (nSPS) is 11.0. The topological polar surface area (TPSA) is 28.7 Å². The van der Waals surface area contributed by atoms with E-state index in [1.807, 2.05) is 30.3 Å². The van der Waals surface area contributed by atoms with Crippen LogP contribution in [0.1, 0.15) is 11.3 Å². The Bertz CT molecular complexity index is 704. The number of hydrogen-bond donors (Lipinski definition) is 1. The second-order valence-corrected chi connectivity index (χ2v) is 4.98. The van der Waals surface area contributed by atoms with Crippen molar-refractivity contribution in [3.8, 4) is 0 Å². The molecule has 0 spiro atoms. The van der Waals surface area contributed by atoms with Gasteiger partial charge >= 0.3 is 0 Å². The first-order valence-electron chi connectivity index (χ1n) is 5.60. The van der Waals surface area contributed by atoms with E-state index in [-0.39, 0.29) is 0 Å². The third kappa shape index (κ3) is 2.09. The largest absolute Gasteiger partial charge is 0.281 e. The minimum absolute atomic E-state index is 0.651. The van der Waals surface area contributed by atoms with Crippen molar-refractivity contribution in [3.05, 3.63) is 63.8 Å². The zero-order chi connectivity index (χ0) is 12.5. The van der Waals surface area contributed by atoms with E-state index in [1.165, 1.54) is 0 Å². The first-order chi connectivity index (χ1) is 8.74. The highest BCUT2D eigenvalue weighted by Gasteiger charge is 2.08. The lowest BCUT2D eigenvalue weighted by atomic mass is 10.1. The van der Waals surface area contributed by atoms with Crippen molar-refractivity contribution in [2.75, 3.05) is 0 Å². The lowest BCUT2D eigenvalue weighted by molar-refractivity contribution is 1.01. The molecule has 1 N–H and O–H groups in total. The van der Waals surface area contributed by atoms with Gasteiger partial charge in [-0.25, -0.2) is 0 Å². The number of benzene rings is 2. The fourth-order valence-corrected chi connectivity index (χ4v) is 2.48. The van der Waals surface area contributed by atoms with Crippen molar-refractivity contribution in [2.24, 2.45) is 0 Å². The number of para-hydroxylation sites is 1. The van der Waals surface area contributed by atoms with Gasteiger partial charge in [-0.3, -0.25) is 5.10 Å². The smallest absolute Gasteiger partial charge is 0.0923 e. The molecule has 4 heteroatoms. The van der Waals surface area contributed by atoms with Crippen LogP contribution in [0.4, 0.5) is 0 Å². The van der Waals surface area contributed by atoms with Crippen LogP contribution in [0, 0.1) is 0 Å². The average Bonchev–Trinajstić information content (AvgIpc) is 2.76. The van der Waals surface area contributed by atoms with E-state index < -0.39 is 0 Å². The summed E-state index contributed by atoms with van der Waals surface area (Å²) in [5, 5.41) is 9.79. The van der Waals surface area contributed by atoms with Gasteiger partial charge < -0.3 is 0 Å². The molecule has 3 aromatic rings. The van der Waals surface area contributed by atoms with Crippen LogP contribution >= 0.6 is 23.2 Å². The standard InChI is InChI=1S/C14H10Cl2N2/c15-10-6-5-9(12(16)8-10)7-14-11-3-1-2-4-13(11)17-18-14/h1-6,8H,7H2,(H,17,18). The minimum atomic E-state index is 0.651. The molecule has 2 aromatic carbocycles. The molecule has 0 radical (unpaired) electrons. The summed E-state index contributed by atoms with van der Waals surface area (Å²) in [6.07, 6.45) is 0.719. The van der Waals surface area contributed by atoms with Crippen LogP contribution in [0.5, 0.6) is 0 Å². The minimum Gasteiger partial charge on any atom is -0.281 e. The zero-order valence-corrected chi connectivity index (χ0v) is 11.0. The molecule has 1 aromatic heterocycles. The number of halogens is 2. The van der Waals surface area contributed by atoms with Crippen LogP contribution in [0.15, 0.2) is 42.5 Å². The van der Waals surface area contributed by atoms with Crippen LogP contribution < -0.4 is 0 Å². The van der Waals surface area contributed by atoms with Crippen molar-refractivity contribution < 1.29 is 0 Å². The summed E-state index contributed by atoms with van der Waals surface area (Å²) >= 11 is 12.1. The summed E-state index contributed by atoms with van der Waals surface area (Å²) in [7, 11) is 0. The molecule has 0 unspecified atom stereocenters. The zero-order valence-electron chi connectivity index (χ0n) is 9.45. The van der Waals surface area contributed by atoms with E-state index in [0.29, 0.717) is 10.0 Å². The first-order valence-corrected chi connectivity index (χ1v) is 6.35. The van der Waals surface area contributed by atoms with Crippen LogP contribution in [-0.4, -0.2) is 10.2 Å². The van der Waals surface area contributed by atoms with Crippen molar-refractivity contribution >= 4 is 34.1 Å². The molecule has 1 heterocycles. The SMILES string of the molecule is Clc1ccc(Cc2[nH]nc3ccccc23)c(Cl)c1. The lowest BCUT2D eigenvalue weighted by Gasteiger charge is -2.03. The number of rotatable bonds is 2. The fourth-order valence-electron chi connectivity index (χ4n) is 2.00. The summed E-state index contributed by atoms with van der Waals surface area (Å²) in [6.45, 7) is 0. The summed E-state index contributed by atoms with van der Waals surface area (Å²) < 4.78 is 0. The Balaban J connectivity index is 2.01. The lowest BCUT2D eigenvalue weighted by Crippen LogP contribution is -1.90. The molecule has 18 heavy (non-hydrogen) atoms. The summed E-state index contributed by atoms with van der Waals surface area (Å²) in [5.41, 5.74) is 3.07. The second kappa shape index (κ2) is 4.63. The van der Waals surface area contributed by atoms with E-state index >= 15 is 0 Å². The Labute approximate surface area is 115 Å². The number of nitrogens with one attached hydrogen (secondary N) is 1. The van der Waals surface area contributed by atoms with Gasteiger partial charge in [-0.1, -0.05) is 47.5 Å². The summed E-state index contributed by atoms with van der Waals surface area (Å²) in [5.74, 6) is 0. The molecule has 3 rings (SSSR count). The quantitative estimate of drug-likeness (QED) is 0.736. The maximum absolute atomic E-state index is 6.18. The molecule has 0 fully saturated rings. The maximum Gasteiger partial charge on any atom is 0.0923 e. The van der Waals surface area contributed by atoms with Gasteiger partial charge in [0.15, 0.2) is 0 Å². The predicted octanol–water partition coefficient (Wildman–Crippen LogP) is 4.46. The van der Waals surface area contributed by atoms with Crippen LogP contribution in [0.2, 0.25) is 10.0 Å². The summed E-state index contributed by atoms with van der Waals surface area (Å²) in [4.78, 5) is 0. The van der Waals surface area contributed by atoms with Crippen LogP contribution in [0.3, 0.4) is 0 Å². The third-order valence-corrected chi connectivity index (χ3v) is 3.51. The van der Waals surface area contributed by atoms with E-state index in [9.17, 15) is 0 Å². The number of nitrogens with zero attached hydrogens (tertiary/aromatic N) is 1. The van der Waals surface area contributed by atoms with Gasteiger partial charge in [-0.15, -0.1) is 0 Å². The molecule has 2 nitrogen and oxygen atoms in total. The predicted molar refractivity (Wildman–Crippen MR) is 75.4 cm³/mol. The fraction of sp³-hybridized carbons (Fsp3) is 0.0714. The van der Waals surface area contributed by atoms with Crippen molar-refractivity contribution in [2.45, 2.75) is 6.42 Å². The van der Waals surface area contributed by atoms with E-state index in [0.717, 1.165) is 28.6 Å². The molecule has 0 aliphatic heterocycles. The molecule has 0 saturated carbocycles. The highest BCUT2D eigenvalue weighted by molar-refractivity contribution is 6.35. The number of aromatic nitrogens is 2. The molecular formula is C14H10Cl2N2. The van der Waals surface area contributed by atoms with Gasteiger partial charge in [-0.2, -0.15) is 5.10 Å². The highest BCUT2D eigenvalue weighted by atomic mass is 35.5. The van der Waals surface area contributed by atoms with E-state index in [1.54, 1.807) is 6.07 Å². The molecule has 0 aliphatic carbocycles. The van der Waals surface area contributed by atoms with Crippen molar-refractivity contribution in [1.82, 2.24) is 10.2 Å². The number of hydrogen-bond acceptors (Lipinski definition) is 1. The van der Waals surface area contributed by atoms with Crippen molar-refractivity contribution in [1.29, 1.82) is 0 Å². The number of H-pyrrole nitrogens is 1. The van der Waals surface area contributed by atoms with Gasteiger partial charge in [0, 0.05) is 27.5 Å². The van der Waals surface area contributed by atoms with E-state index in [4.69, 9.17) is 23.2 Å².